The van der Waals surface area contributed by atoms with Crippen LogP contribution in [0.5, 0.6) is 5.75 Å². The summed E-state index contributed by atoms with van der Waals surface area (Å²) in [4.78, 5) is 0.0678. The van der Waals surface area contributed by atoms with Gasteiger partial charge in [0.1, 0.15) is 16.2 Å². The van der Waals surface area contributed by atoms with Crippen LogP contribution in [0.25, 0.3) is 21.9 Å². The Bertz CT molecular complexity index is 1240. The van der Waals surface area contributed by atoms with Crippen molar-refractivity contribution in [1.82, 2.24) is 10.4 Å². The molecule has 3 aromatic carbocycles. The fraction of sp³-hybridized carbons (Fsp3) is 0.200. The summed E-state index contributed by atoms with van der Waals surface area (Å²) in [5.74, 6) is 0.266. The van der Waals surface area contributed by atoms with Crippen LogP contribution in [-0.2, 0) is 15.5 Å². The van der Waals surface area contributed by atoms with Crippen LogP contribution in [0.3, 0.4) is 0 Å². The van der Waals surface area contributed by atoms with Gasteiger partial charge in [-0.2, -0.15) is 8.42 Å². The molecule has 0 unspecified atom stereocenters. The molecular weight excluding hydrogens is 364 g/mol. The molecule has 0 atom stereocenters. The molecule has 27 heavy (non-hydrogen) atoms. The second kappa shape index (κ2) is 6.06. The average Bonchev–Trinajstić information content (AvgIpc) is 3.09. The van der Waals surface area contributed by atoms with E-state index in [4.69, 9.17) is 8.71 Å². The third kappa shape index (κ3) is 3.14. The van der Waals surface area contributed by atoms with Crippen molar-refractivity contribution in [3.63, 3.8) is 0 Å². The van der Waals surface area contributed by atoms with Crippen molar-refractivity contribution >= 4 is 32.0 Å². The Hall–Kier alpha value is -2.93. The Morgan fingerprint density at radius 3 is 2.37 bits per heavy atom. The Morgan fingerprint density at radius 2 is 1.67 bits per heavy atom. The second-order valence-electron chi connectivity index (χ2n) is 7.35. The molecule has 6 nitrogen and oxygen atoms in total. The van der Waals surface area contributed by atoms with Crippen molar-refractivity contribution in [2.45, 2.75) is 31.1 Å². The van der Waals surface area contributed by atoms with E-state index in [-0.39, 0.29) is 16.1 Å². The van der Waals surface area contributed by atoms with Crippen LogP contribution in [0.15, 0.2) is 64.0 Å². The number of aromatic nitrogens is 2. The maximum absolute atomic E-state index is 12.9. The van der Waals surface area contributed by atoms with Gasteiger partial charge in [0.2, 0.25) is 0 Å². The number of rotatable bonds is 3. The smallest absolute Gasteiger partial charge is 0.339 e. The number of hydrogen-bond donors (Lipinski definition) is 0. The third-order valence-electron chi connectivity index (χ3n) is 4.43. The van der Waals surface area contributed by atoms with Crippen molar-refractivity contribution in [1.29, 1.82) is 0 Å². The predicted molar refractivity (Wildman–Crippen MR) is 102 cm³/mol. The van der Waals surface area contributed by atoms with Gasteiger partial charge in [0.05, 0.1) is 0 Å². The molecule has 0 amide bonds. The van der Waals surface area contributed by atoms with E-state index in [1.54, 1.807) is 36.4 Å². The summed E-state index contributed by atoms with van der Waals surface area (Å²) >= 11 is 0. The van der Waals surface area contributed by atoms with Gasteiger partial charge >= 0.3 is 10.1 Å². The van der Waals surface area contributed by atoms with E-state index >= 15 is 0 Å². The van der Waals surface area contributed by atoms with E-state index in [0.717, 1.165) is 5.56 Å². The third-order valence-corrected chi connectivity index (χ3v) is 5.73. The average molecular weight is 382 g/mol. The molecule has 0 radical (unpaired) electrons. The van der Waals surface area contributed by atoms with Crippen LogP contribution in [0.1, 0.15) is 26.3 Å². The van der Waals surface area contributed by atoms with Gasteiger partial charge in [-0.25, -0.2) is 0 Å². The van der Waals surface area contributed by atoms with Gasteiger partial charge in [0.15, 0.2) is 5.58 Å². The zero-order chi connectivity index (χ0) is 19.2. The van der Waals surface area contributed by atoms with Gasteiger partial charge in [0, 0.05) is 16.0 Å². The monoisotopic (exact) mass is 382 g/mol. The molecule has 0 saturated carbocycles. The van der Waals surface area contributed by atoms with Crippen LogP contribution >= 0.6 is 0 Å². The summed E-state index contributed by atoms with van der Waals surface area (Å²) in [6.45, 7) is 6.28. The number of hydrogen-bond acceptors (Lipinski definition) is 6. The summed E-state index contributed by atoms with van der Waals surface area (Å²) in [6.07, 6.45) is 0. The molecule has 0 fully saturated rings. The first-order chi connectivity index (χ1) is 12.8. The molecule has 7 heteroatoms. The molecule has 0 aliphatic rings. The zero-order valence-electron chi connectivity index (χ0n) is 15.1. The van der Waals surface area contributed by atoms with E-state index in [2.05, 4.69) is 31.1 Å². The quantitative estimate of drug-likeness (QED) is 0.487. The van der Waals surface area contributed by atoms with Crippen molar-refractivity contribution in [3.8, 4) is 5.75 Å². The van der Waals surface area contributed by atoms with Crippen molar-refractivity contribution in [3.05, 3.63) is 60.2 Å². The largest absolute Gasteiger partial charge is 0.379 e. The Labute approximate surface area is 156 Å². The maximum atomic E-state index is 12.9. The molecule has 0 aliphatic carbocycles. The standard InChI is InChI=1S/C20H18N2O4S/c1-20(2,3)13-7-9-14(10-8-13)26-27(23,24)18-6-4-5-16-15(18)11-12-17-19(16)25-22-21-17/h4-12H,1-3H3. The van der Waals surface area contributed by atoms with Crippen molar-refractivity contribution in [2.75, 3.05) is 0 Å². The van der Waals surface area contributed by atoms with Crippen molar-refractivity contribution in [2.24, 2.45) is 0 Å². The van der Waals surface area contributed by atoms with Crippen LogP contribution in [0.4, 0.5) is 0 Å². The zero-order valence-corrected chi connectivity index (χ0v) is 15.9. The summed E-state index contributed by atoms with van der Waals surface area (Å²) in [6, 6.07) is 15.4. The molecule has 4 aromatic rings. The SMILES string of the molecule is CC(C)(C)c1ccc(OS(=O)(=O)c2cccc3c2ccc2nnoc23)cc1. The molecule has 1 aromatic heterocycles. The lowest BCUT2D eigenvalue weighted by Gasteiger charge is -2.19. The van der Waals surface area contributed by atoms with Crippen LogP contribution in [0.2, 0.25) is 0 Å². The molecule has 0 spiro atoms. The van der Waals surface area contributed by atoms with Gasteiger partial charge in [0.25, 0.3) is 0 Å². The first-order valence-electron chi connectivity index (χ1n) is 8.44. The maximum Gasteiger partial charge on any atom is 0.339 e. The highest BCUT2D eigenvalue weighted by atomic mass is 32.2. The molecule has 0 aliphatic heterocycles. The molecule has 0 N–H and O–H groups in total. The van der Waals surface area contributed by atoms with E-state index in [1.807, 2.05) is 12.1 Å². The fourth-order valence-corrected chi connectivity index (χ4v) is 4.12. The normalized spacial score (nSPS) is 12.6. The highest BCUT2D eigenvalue weighted by molar-refractivity contribution is 7.87. The predicted octanol–water partition coefficient (Wildman–Crippen LogP) is 4.44. The lowest BCUT2D eigenvalue weighted by Crippen LogP contribution is -2.12. The van der Waals surface area contributed by atoms with Crippen LogP contribution in [0, 0.1) is 0 Å². The van der Waals surface area contributed by atoms with E-state index < -0.39 is 10.1 Å². The number of benzene rings is 3. The first kappa shape index (κ1) is 17.5. The Kier molecular flexibility index (Phi) is 3.92. The minimum atomic E-state index is -4.02. The molecule has 1 heterocycles. The highest BCUT2D eigenvalue weighted by Gasteiger charge is 2.22. The minimum absolute atomic E-state index is 0.0243. The van der Waals surface area contributed by atoms with E-state index in [9.17, 15) is 8.42 Å². The van der Waals surface area contributed by atoms with Gasteiger partial charge in [-0.05, 0) is 35.2 Å². The fourth-order valence-electron chi connectivity index (χ4n) is 2.97. The summed E-state index contributed by atoms with van der Waals surface area (Å²) in [5, 5.41) is 8.50. The van der Waals surface area contributed by atoms with Gasteiger partial charge in [-0.3, -0.25) is 0 Å². The van der Waals surface area contributed by atoms with Crippen LogP contribution in [-0.4, -0.2) is 18.8 Å². The second-order valence-corrected chi connectivity index (χ2v) is 8.86. The van der Waals surface area contributed by atoms with Crippen LogP contribution < -0.4 is 4.18 Å². The Morgan fingerprint density at radius 1 is 0.926 bits per heavy atom. The molecular formula is C20H18N2O4S. The van der Waals surface area contributed by atoms with Gasteiger partial charge in [-0.1, -0.05) is 51.1 Å². The summed E-state index contributed by atoms with van der Waals surface area (Å²) < 4.78 is 36.3. The van der Waals surface area contributed by atoms with Crippen molar-refractivity contribution < 1.29 is 17.1 Å². The molecule has 138 valence electrons. The molecule has 4 rings (SSSR count). The number of fused-ring (bicyclic) bond motifs is 3. The first-order valence-corrected chi connectivity index (χ1v) is 9.85. The lowest BCUT2D eigenvalue weighted by molar-refractivity contribution is 0.426. The summed E-state index contributed by atoms with van der Waals surface area (Å²) in [7, 11) is -4.02. The Balaban J connectivity index is 1.76. The van der Waals surface area contributed by atoms with Gasteiger partial charge < -0.3 is 8.71 Å². The van der Waals surface area contributed by atoms with E-state index in [0.29, 0.717) is 21.9 Å². The summed E-state index contributed by atoms with van der Waals surface area (Å²) in [5.41, 5.74) is 2.08. The molecule has 0 saturated heterocycles. The number of nitrogens with zero attached hydrogens (tertiary/aromatic N) is 2. The molecule has 0 bridgehead atoms. The van der Waals surface area contributed by atoms with Gasteiger partial charge in [-0.15, -0.1) is 5.10 Å². The minimum Gasteiger partial charge on any atom is -0.379 e. The topological polar surface area (TPSA) is 82.3 Å². The highest BCUT2D eigenvalue weighted by Crippen LogP contribution is 2.31. The lowest BCUT2D eigenvalue weighted by atomic mass is 9.87. The van der Waals surface area contributed by atoms with E-state index in [1.165, 1.54) is 6.07 Å².